The highest BCUT2D eigenvalue weighted by Gasteiger charge is 2.09. The first kappa shape index (κ1) is 13.4. The second-order valence-electron chi connectivity index (χ2n) is 3.96. The summed E-state index contributed by atoms with van der Waals surface area (Å²) < 4.78 is 1.03. The van der Waals surface area contributed by atoms with Gasteiger partial charge in [-0.2, -0.15) is 0 Å². The van der Waals surface area contributed by atoms with E-state index in [-0.39, 0.29) is 5.78 Å². The lowest BCUT2D eigenvalue weighted by atomic mass is 10.1. The standard InChI is InChI=1S/C15H13BrOS/c1-11-6-2-3-7-12(11)14(17)10-18-15-9-5-4-8-13(15)16/h2-9H,10H2,1H3. The quantitative estimate of drug-likeness (QED) is 0.598. The minimum Gasteiger partial charge on any atom is -0.293 e. The average Bonchev–Trinajstić information content (AvgIpc) is 2.38. The normalized spacial score (nSPS) is 10.3. The highest BCUT2D eigenvalue weighted by Crippen LogP contribution is 2.27. The largest absolute Gasteiger partial charge is 0.293 e. The van der Waals surface area contributed by atoms with Gasteiger partial charge >= 0.3 is 0 Å². The van der Waals surface area contributed by atoms with Gasteiger partial charge in [0.1, 0.15) is 0 Å². The minimum absolute atomic E-state index is 0.175. The predicted molar refractivity (Wildman–Crippen MR) is 80.4 cm³/mol. The molecule has 0 N–H and O–H groups in total. The van der Waals surface area contributed by atoms with E-state index in [1.54, 1.807) is 11.8 Å². The number of hydrogen-bond acceptors (Lipinski definition) is 2. The Bertz CT molecular complexity index is 566. The minimum atomic E-state index is 0.175. The van der Waals surface area contributed by atoms with Gasteiger partial charge in [0, 0.05) is 14.9 Å². The highest BCUT2D eigenvalue weighted by atomic mass is 79.9. The Morgan fingerprint density at radius 2 is 1.78 bits per heavy atom. The average molecular weight is 321 g/mol. The summed E-state index contributed by atoms with van der Waals surface area (Å²) in [5.74, 6) is 0.641. The van der Waals surface area contributed by atoms with E-state index in [0.29, 0.717) is 5.75 Å². The summed E-state index contributed by atoms with van der Waals surface area (Å²) in [5.41, 5.74) is 1.85. The van der Waals surface area contributed by atoms with Crippen molar-refractivity contribution in [3.05, 3.63) is 64.1 Å². The molecule has 0 aliphatic heterocycles. The highest BCUT2D eigenvalue weighted by molar-refractivity contribution is 9.10. The molecule has 0 aromatic heterocycles. The van der Waals surface area contributed by atoms with Gasteiger partial charge in [0.15, 0.2) is 5.78 Å². The summed E-state index contributed by atoms with van der Waals surface area (Å²) in [6, 6.07) is 15.7. The Morgan fingerprint density at radius 3 is 2.50 bits per heavy atom. The van der Waals surface area contributed by atoms with Crippen LogP contribution in [0.15, 0.2) is 57.9 Å². The van der Waals surface area contributed by atoms with E-state index < -0.39 is 0 Å². The van der Waals surface area contributed by atoms with Crippen molar-refractivity contribution in [3.8, 4) is 0 Å². The van der Waals surface area contributed by atoms with Crippen molar-refractivity contribution >= 4 is 33.5 Å². The molecule has 0 radical (unpaired) electrons. The lowest BCUT2D eigenvalue weighted by Gasteiger charge is -2.05. The smallest absolute Gasteiger partial charge is 0.173 e. The summed E-state index contributed by atoms with van der Waals surface area (Å²) in [7, 11) is 0. The number of carbonyl (C=O) groups excluding carboxylic acids is 1. The number of thioether (sulfide) groups is 1. The zero-order valence-electron chi connectivity index (χ0n) is 10.0. The molecule has 0 aliphatic carbocycles. The molecule has 2 rings (SSSR count). The van der Waals surface area contributed by atoms with Gasteiger partial charge in [-0.05, 0) is 40.5 Å². The topological polar surface area (TPSA) is 17.1 Å². The maximum absolute atomic E-state index is 12.1. The molecule has 2 aromatic rings. The molecule has 92 valence electrons. The van der Waals surface area contributed by atoms with Crippen LogP contribution in [0.1, 0.15) is 15.9 Å². The zero-order chi connectivity index (χ0) is 13.0. The SMILES string of the molecule is Cc1ccccc1C(=O)CSc1ccccc1Br. The van der Waals surface area contributed by atoms with E-state index in [1.807, 2.05) is 55.5 Å². The summed E-state index contributed by atoms with van der Waals surface area (Å²) >= 11 is 5.05. The molecule has 0 fully saturated rings. The third kappa shape index (κ3) is 3.24. The summed E-state index contributed by atoms with van der Waals surface area (Å²) in [6.45, 7) is 1.97. The number of aryl methyl sites for hydroxylation is 1. The molecule has 18 heavy (non-hydrogen) atoms. The monoisotopic (exact) mass is 320 g/mol. The Kier molecular flexibility index (Phi) is 4.61. The molecule has 0 spiro atoms. The van der Waals surface area contributed by atoms with Gasteiger partial charge in [-0.15, -0.1) is 11.8 Å². The molecular formula is C15H13BrOS. The van der Waals surface area contributed by atoms with Gasteiger partial charge in [0.2, 0.25) is 0 Å². The maximum atomic E-state index is 12.1. The first-order chi connectivity index (χ1) is 8.68. The van der Waals surface area contributed by atoms with Gasteiger partial charge in [-0.25, -0.2) is 0 Å². The summed E-state index contributed by atoms with van der Waals surface area (Å²) in [6.07, 6.45) is 0. The van der Waals surface area contributed by atoms with Crippen LogP contribution < -0.4 is 0 Å². The summed E-state index contributed by atoms with van der Waals surface area (Å²) in [5, 5.41) is 0. The first-order valence-corrected chi connectivity index (χ1v) is 7.42. The molecule has 0 saturated carbocycles. The number of benzene rings is 2. The maximum Gasteiger partial charge on any atom is 0.173 e. The fourth-order valence-corrected chi connectivity index (χ4v) is 3.12. The fraction of sp³-hybridized carbons (Fsp3) is 0.133. The number of rotatable bonds is 4. The molecule has 0 bridgehead atoms. The van der Waals surface area contributed by atoms with Crippen LogP contribution in [0.3, 0.4) is 0 Å². The van der Waals surface area contributed by atoms with Crippen molar-refractivity contribution in [2.45, 2.75) is 11.8 Å². The zero-order valence-corrected chi connectivity index (χ0v) is 12.4. The second-order valence-corrected chi connectivity index (χ2v) is 5.83. The third-order valence-electron chi connectivity index (χ3n) is 2.64. The van der Waals surface area contributed by atoms with Crippen LogP contribution in [0, 0.1) is 6.92 Å². The van der Waals surface area contributed by atoms with Crippen molar-refractivity contribution in [2.75, 3.05) is 5.75 Å². The van der Waals surface area contributed by atoms with E-state index in [2.05, 4.69) is 15.9 Å². The number of ketones is 1. The van der Waals surface area contributed by atoms with E-state index in [0.717, 1.165) is 20.5 Å². The van der Waals surface area contributed by atoms with Gasteiger partial charge < -0.3 is 0 Å². The molecule has 0 heterocycles. The molecule has 0 unspecified atom stereocenters. The molecule has 2 aromatic carbocycles. The fourth-order valence-electron chi connectivity index (χ4n) is 1.67. The van der Waals surface area contributed by atoms with Crippen molar-refractivity contribution in [1.82, 2.24) is 0 Å². The Hall–Kier alpha value is -1.06. The number of carbonyl (C=O) groups is 1. The Labute approximate surface area is 120 Å². The third-order valence-corrected chi connectivity index (χ3v) is 4.67. The van der Waals surface area contributed by atoms with Gasteiger partial charge in [-0.1, -0.05) is 36.4 Å². The van der Waals surface area contributed by atoms with Crippen molar-refractivity contribution in [2.24, 2.45) is 0 Å². The number of hydrogen-bond donors (Lipinski definition) is 0. The van der Waals surface area contributed by atoms with Crippen LogP contribution in [0.2, 0.25) is 0 Å². The molecule has 0 atom stereocenters. The molecular weight excluding hydrogens is 308 g/mol. The van der Waals surface area contributed by atoms with Gasteiger partial charge in [0.05, 0.1) is 5.75 Å². The molecule has 1 nitrogen and oxygen atoms in total. The first-order valence-electron chi connectivity index (χ1n) is 5.64. The van der Waals surface area contributed by atoms with Crippen LogP contribution in [-0.2, 0) is 0 Å². The van der Waals surface area contributed by atoms with Crippen LogP contribution in [0.4, 0.5) is 0 Å². The van der Waals surface area contributed by atoms with Crippen molar-refractivity contribution < 1.29 is 4.79 Å². The van der Waals surface area contributed by atoms with Crippen LogP contribution in [0.25, 0.3) is 0 Å². The second kappa shape index (κ2) is 6.21. The van der Waals surface area contributed by atoms with Crippen LogP contribution in [-0.4, -0.2) is 11.5 Å². The lowest BCUT2D eigenvalue weighted by molar-refractivity contribution is 0.102. The predicted octanol–water partition coefficient (Wildman–Crippen LogP) is 4.73. The van der Waals surface area contributed by atoms with Crippen LogP contribution >= 0.6 is 27.7 Å². The number of halogens is 1. The lowest BCUT2D eigenvalue weighted by Crippen LogP contribution is -2.04. The summed E-state index contributed by atoms with van der Waals surface area (Å²) in [4.78, 5) is 13.2. The van der Waals surface area contributed by atoms with Crippen molar-refractivity contribution in [3.63, 3.8) is 0 Å². The molecule has 0 amide bonds. The van der Waals surface area contributed by atoms with Crippen molar-refractivity contribution in [1.29, 1.82) is 0 Å². The van der Waals surface area contributed by atoms with Gasteiger partial charge in [0.25, 0.3) is 0 Å². The van der Waals surface area contributed by atoms with Gasteiger partial charge in [-0.3, -0.25) is 4.79 Å². The Balaban J connectivity index is 2.06. The van der Waals surface area contributed by atoms with E-state index in [4.69, 9.17) is 0 Å². The molecule has 0 saturated heterocycles. The van der Waals surface area contributed by atoms with E-state index >= 15 is 0 Å². The van der Waals surface area contributed by atoms with Crippen LogP contribution in [0.5, 0.6) is 0 Å². The van der Waals surface area contributed by atoms with E-state index in [9.17, 15) is 4.79 Å². The number of Topliss-reactive ketones (excluding diaryl/α,β-unsaturated/α-hetero) is 1. The molecule has 0 aliphatic rings. The van der Waals surface area contributed by atoms with E-state index in [1.165, 1.54) is 0 Å². The Morgan fingerprint density at radius 1 is 1.11 bits per heavy atom. The molecule has 3 heteroatoms.